The van der Waals surface area contributed by atoms with Crippen LogP contribution in [0.2, 0.25) is 0 Å². The average molecular weight is 555 g/mol. The van der Waals surface area contributed by atoms with E-state index in [0.29, 0.717) is 13.3 Å². The van der Waals surface area contributed by atoms with E-state index in [1.807, 2.05) is 0 Å². The summed E-state index contributed by atoms with van der Waals surface area (Å²) in [5.74, 6) is -3.39. The monoisotopic (exact) mass is 554 g/mol. The van der Waals surface area contributed by atoms with Crippen LogP contribution in [0, 0.1) is 0 Å². The minimum absolute atomic E-state index is 0.0515. The molecule has 1 aliphatic rings. The molecule has 0 bridgehead atoms. The Kier molecular flexibility index (Phi) is 6.85. The maximum atomic E-state index is 14.1. The van der Waals surface area contributed by atoms with E-state index in [1.54, 1.807) is 4.72 Å². The van der Waals surface area contributed by atoms with Crippen LogP contribution < -0.4 is 4.72 Å². The van der Waals surface area contributed by atoms with Crippen molar-refractivity contribution in [1.29, 1.82) is 0 Å². The smallest absolute Gasteiger partial charge is 0.341 e. The van der Waals surface area contributed by atoms with Crippen LogP contribution >= 0.6 is 0 Å². The standard InChI is InChI=1S/C24H22F8N2O2S/c1-22(25,26)13-34-12-18(21(24(30,31)32)33-37(35,36)15-5-4-6-15)17-10-9-14(11-20(17)34)16-7-2-3-8-19(16)23(27,28)29/h2-3,7-12,15,21,33H,4-6,13H2,1H3. The normalized spacial score (nSPS) is 16.7. The highest BCUT2D eigenvalue weighted by atomic mass is 32.2. The molecule has 4 nitrogen and oxygen atoms in total. The van der Waals surface area contributed by atoms with Gasteiger partial charge in [-0.3, -0.25) is 0 Å². The van der Waals surface area contributed by atoms with Gasteiger partial charge in [0.25, 0.3) is 5.92 Å². The molecule has 0 amide bonds. The van der Waals surface area contributed by atoms with Gasteiger partial charge in [-0.2, -0.15) is 31.1 Å². The van der Waals surface area contributed by atoms with Gasteiger partial charge in [-0.05, 0) is 36.1 Å². The number of hydrogen-bond acceptors (Lipinski definition) is 2. The van der Waals surface area contributed by atoms with Gasteiger partial charge in [0.05, 0.1) is 17.4 Å². The van der Waals surface area contributed by atoms with Gasteiger partial charge in [0, 0.05) is 29.6 Å². The number of rotatable bonds is 7. The third kappa shape index (κ3) is 5.77. The molecule has 37 heavy (non-hydrogen) atoms. The highest BCUT2D eigenvalue weighted by Gasteiger charge is 2.47. The number of benzene rings is 2. The number of nitrogens with zero attached hydrogens (tertiary/aromatic N) is 1. The summed E-state index contributed by atoms with van der Waals surface area (Å²) < 4.78 is 138. The predicted molar refractivity (Wildman–Crippen MR) is 121 cm³/mol. The minimum atomic E-state index is -5.12. The van der Waals surface area contributed by atoms with Crippen LogP contribution in [-0.4, -0.2) is 30.3 Å². The van der Waals surface area contributed by atoms with Gasteiger partial charge in [0.1, 0.15) is 6.04 Å². The fourth-order valence-corrected chi connectivity index (χ4v) is 6.11. The zero-order valence-corrected chi connectivity index (χ0v) is 20.1. The number of nitrogens with one attached hydrogen (secondary N) is 1. The summed E-state index contributed by atoms with van der Waals surface area (Å²) >= 11 is 0. The number of sulfonamides is 1. The molecule has 1 fully saturated rings. The maximum absolute atomic E-state index is 14.1. The Morgan fingerprint density at radius 1 is 1.00 bits per heavy atom. The van der Waals surface area contributed by atoms with Gasteiger partial charge in [0.2, 0.25) is 10.0 Å². The van der Waals surface area contributed by atoms with Crippen LogP contribution in [0.5, 0.6) is 0 Å². The molecule has 1 aliphatic carbocycles. The van der Waals surface area contributed by atoms with Crippen molar-refractivity contribution in [3.05, 3.63) is 59.8 Å². The van der Waals surface area contributed by atoms with Crippen molar-refractivity contribution in [3.8, 4) is 11.1 Å². The van der Waals surface area contributed by atoms with E-state index < -0.39 is 57.3 Å². The molecule has 1 saturated carbocycles. The van der Waals surface area contributed by atoms with Crippen molar-refractivity contribution >= 4 is 20.9 Å². The molecule has 1 unspecified atom stereocenters. The Hall–Kier alpha value is -2.67. The highest BCUT2D eigenvalue weighted by Crippen LogP contribution is 2.42. The first-order valence-corrected chi connectivity index (χ1v) is 12.8. The molecular formula is C24H22F8N2O2S. The third-order valence-electron chi connectivity index (χ3n) is 6.32. The summed E-state index contributed by atoms with van der Waals surface area (Å²) in [7, 11) is -4.37. The molecule has 4 rings (SSSR count). The zero-order chi connectivity index (χ0) is 27.4. The second-order valence-electron chi connectivity index (χ2n) is 9.25. The van der Waals surface area contributed by atoms with E-state index in [1.165, 1.54) is 12.1 Å². The molecule has 1 atom stereocenters. The molecule has 3 aromatic rings. The fraction of sp³-hybridized carbons (Fsp3) is 0.417. The number of aromatic nitrogens is 1. The highest BCUT2D eigenvalue weighted by molar-refractivity contribution is 7.90. The molecular weight excluding hydrogens is 532 g/mol. The summed E-state index contributed by atoms with van der Waals surface area (Å²) in [4.78, 5) is 0. The predicted octanol–water partition coefficient (Wildman–Crippen LogP) is 7.06. The van der Waals surface area contributed by atoms with Crippen molar-refractivity contribution in [2.24, 2.45) is 0 Å². The number of halogens is 8. The first-order valence-electron chi connectivity index (χ1n) is 11.2. The molecule has 0 radical (unpaired) electrons. The molecule has 1 aromatic heterocycles. The van der Waals surface area contributed by atoms with E-state index in [4.69, 9.17) is 0 Å². The number of fused-ring (bicyclic) bond motifs is 1. The van der Waals surface area contributed by atoms with Gasteiger partial charge in [-0.15, -0.1) is 0 Å². The average Bonchev–Trinajstić information content (AvgIpc) is 3.04. The van der Waals surface area contributed by atoms with E-state index >= 15 is 0 Å². The zero-order valence-electron chi connectivity index (χ0n) is 19.3. The van der Waals surface area contributed by atoms with Crippen molar-refractivity contribution in [1.82, 2.24) is 9.29 Å². The first kappa shape index (κ1) is 27.4. The summed E-state index contributed by atoms with van der Waals surface area (Å²) in [5, 5.41) is -1.20. The van der Waals surface area contributed by atoms with Crippen LogP contribution in [0.3, 0.4) is 0 Å². The summed E-state index contributed by atoms with van der Waals surface area (Å²) in [5.41, 5.74) is -2.15. The van der Waals surface area contributed by atoms with Gasteiger partial charge in [-0.25, -0.2) is 17.2 Å². The molecule has 1 heterocycles. The van der Waals surface area contributed by atoms with E-state index in [9.17, 15) is 43.5 Å². The second-order valence-corrected chi connectivity index (χ2v) is 11.2. The Morgan fingerprint density at radius 3 is 2.19 bits per heavy atom. The van der Waals surface area contributed by atoms with Gasteiger partial charge < -0.3 is 4.57 Å². The molecule has 1 N–H and O–H groups in total. The van der Waals surface area contributed by atoms with Gasteiger partial charge in [-0.1, -0.05) is 36.8 Å². The lowest BCUT2D eigenvalue weighted by atomic mass is 9.97. The van der Waals surface area contributed by atoms with Crippen LogP contribution in [0.15, 0.2) is 48.7 Å². The largest absolute Gasteiger partial charge is 0.417 e. The molecule has 13 heteroatoms. The van der Waals surface area contributed by atoms with Gasteiger partial charge in [0.15, 0.2) is 0 Å². The van der Waals surface area contributed by atoms with E-state index in [-0.39, 0.29) is 34.9 Å². The van der Waals surface area contributed by atoms with Crippen LogP contribution in [0.1, 0.15) is 43.4 Å². The van der Waals surface area contributed by atoms with Crippen LogP contribution in [0.25, 0.3) is 22.0 Å². The molecule has 202 valence electrons. The Balaban J connectivity index is 1.90. The SMILES string of the molecule is CC(F)(F)Cn1cc(C(NS(=O)(=O)C2CCC2)C(F)(F)F)c2ccc(-c3ccccc3C(F)(F)F)cc21. The number of hydrogen-bond donors (Lipinski definition) is 1. The Morgan fingerprint density at radius 2 is 1.65 bits per heavy atom. The topological polar surface area (TPSA) is 51.1 Å². The Bertz CT molecular complexity index is 1400. The molecule has 0 saturated heterocycles. The van der Waals surface area contributed by atoms with Crippen molar-refractivity contribution < 1.29 is 43.5 Å². The molecule has 2 aromatic carbocycles. The van der Waals surface area contributed by atoms with Gasteiger partial charge >= 0.3 is 12.4 Å². The third-order valence-corrected chi connectivity index (χ3v) is 8.23. The van der Waals surface area contributed by atoms with Crippen LogP contribution in [0.4, 0.5) is 35.1 Å². The van der Waals surface area contributed by atoms with E-state index in [2.05, 4.69) is 0 Å². The lowest BCUT2D eigenvalue weighted by Crippen LogP contribution is -2.44. The summed E-state index contributed by atoms with van der Waals surface area (Å²) in [6, 6.07) is 5.12. The van der Waals surface area contributed by atoms with E-state index in [0.717, 1.165) is 41.1 Å². The summed E-state index contributed by atoms with van der Waals surface area (Å²) in [6.45, 7) is -0.532. The lowest BCUT2D eigenvalue weighted by Gasteiger charge is -2.29. The van der Waals surface area contributed by atoms with Crippen molar-refractivity contribution in [2.45, 2.75) is 62.3 Å². The fourth-order valence-electron chi connectivity index (χ4n) is 4.38. The van der Waals surface area contributed by atoms with Crippen LogP contribution in [-0.2, 0) is 22.7 Å². The second kappa shape index (κ2) is 9.26. The molecule has 0 spiro atoms. The first-order chi connectivity index (χ1) is 17.0. The Labute approximate surface area is 207 Å². The number of alkyl halides is 8. The maximum Gasteiger partial charge on any atom is 0.417 e. The quantitative estimate of drug-likeness (QED) is 0.318. The summed E-state index contributed by atoms with van der Waals surface area (Å²) in [6.07, 6.45) is -8.13. The van der Waals surface area contributed by atoms with Crippen molar-refractivity contribution in [2.75, 3.05) is 0 Å². The minimum Gasteiger partial charge on any atom is -0.341 e. The van der Waals surface area contributed by atoms with Crippen molar-refractivity contribution in [3.63, 3.8) is 0 Å². The lowest BCUT2D eigenvalue weighted by molar-refractivity contribution is -0.152. The molecule has 0 aliphatic heterocycles.